The number of benzene rings is 1. The van der Waals surface area contributed by atoms with E-state index in [0.29, 0.717) is 5.02 Å². The van der Waals surface area contributed by atoms with Gasteiger partial charge in [-0.1, -0.05) is 38.4 Å². The Bertz CT molecular complexity index is 930. The normalized spacial score (nSPS) is 26.9. The zero-order chi connectivity index (χ0) is 22.7. The van der Waals surface area contributed by atoms with Crippen molar-refractivity contribution in [3.63, 3.8) is 0 Å². The zero-order valence-corrected chi connectivity index (χ0v) is 19.4. The van der Waals surface area contributed by atoms with Gasteiger partial charge in [-0.05, 0) is 31.0 Å². The number of nitrogens with one attached hydrogen (secondary N) is 1. The van der Waals surface area contributed by atoms with Crippen LogP contribution in [0.25, 0.3) is 0 Å². The minimum atomic E-state index is -0.626. The highest BCUT2D eigenvalue weighted by Gasteiger charge is 2.56. The van der Waals surface area contributed by atoms with Gasteiger partial charge < -0.3 is 9.80 Å². The monoisotopic (exact) mass is 447 g/mol. The van der Waals surface area contributed by atoms with Gasteiger partial charge in [-0.25, -0.2) is 4.79 Å². The standard InChI is InChI=1S/C22H30ClN5O3/c1-13-7-8-14(11-15(13)23)26-9-6-10-27-17-18(24-20(26)27)25(5)21(31)28(19(17)30)12-16(29)22(2,3)4/h7-8,11,17-18,20,24H,6,9-10,12H2,1-5H3. The van der Waals surface area contributed by atoms with Crippen LogP contribution in [0, 0.1) is 12.3 Å². The summed E-state index contributed by atoms with van der Waals surface area (Å²) in [6.45, 7) is 8.68. The maximum absolute atomic E-state index is 13.4. The number of anilines is 1. The molecule has 1 aromatic rings. The van der Waals surface area contributed by atoms with Crippen molar-refractivity contribution in [3.05, 3.63) is 28.8 Å². The molecule has 9 heteroatoms. The first kappa shape index (κ1) is 22.0. The second-order valence-corrected chi connectivity index (χ2v) is 10.0. The number of ketones is 1. The number of likely N-dealkylation sites (N-methyl/N-ethyl adjacent to an activating group) is 1. The molecule has 3 heterocycles. The van der Waals surface area contributed by atoms with Crippen LogP contribution in [0.3, 0.4) is 0 Å². The highest BCUT2D eigenvalue weighted by Crippen LogP contribution is 2.34. The molecule has 0 radical (unpaired) electrons. The molecule has 0 bridgehead atoms. The largest absolute Gasteiger partial charge is 0.343 e. The van der Waals surface area contributed by atoms with Gasteiger partial charge in [-0.2, -0.15) is 0 Å². The van der Waals surface area contributed by atoms with E-state index < -0.39 is 23.7 Å². The Morgan fingerprint density at radius 1 is 1.23 bits per heavy atom. The number of rotatable bonds is 3. The fraction of sp³-hybridized carbons (Fsp3) is 0.591. The van der Waals surface area contributed by atoms with E-state index in [1.165, 1.54) is 0 Å². The SMILES string of the molecule is Cc1ccc(N2CCCN3C4C(=O)N(CC(=O)C(C)(C)C)C(=O)N(C)C4NC23)cc1Cl. The highest BCUT2D eigenvalue weighted by molar-refractivity contribution is 6.31. The predicted octanol–water partition coefficient (Wildman–Crippen LogP) is 2.25. The number of carbonyl (C=O) groups is 3. The van der Waals surface area contributed by atoms with Gasteiger partial charge in [-0.3, -0.25) is 24.7 Å². The van der Waals surface area contributed by atoms with Crippen LogP contribution in [0.5, 0.6) is 0 Å². The van der Waals surface area contributed by atoms with Gasteiger partial charge in [0.1, 0.15) is 18.5 Å². The lowest BCUT2D eigenvalue weighted by Crippen LogP contribution is -2.67. The maximum Gasteiger partial charge on any atom is 0.328 e. The molecular weight excluding hydrogens is 418 g/mol. The van der Waals surface area contributed by atoms with Crippen molar-refractivity contribution in [1.29, 1.82) is 0 Å². The number of hydrogen-bond acceptors (Lipinski definition) is 6. The van der Waals surface area contributed by atoms with Crippen molar-refractivity contribution in [2.24, 2.45) is 5.41 Å². The van der Waals surface area contributed by atoms with E-state index in [-0.39, 0.29) is 24.5 Å². The summed E-state index contributed by atoms with van der Waals surface area (Å²) in [5, 5.41) is 4.17. The van der Waals surface area contributed by atoms with Crippen LogP contribution >= 0.6 is 11.6 Å². The number of aryl methyl sites for hydroxylation is 1. The summed E-state index contributed by atoms with van der Waals surface area (Å²) in [6, 6.07) is 4.97. The molecular formula is C22H30ClN5O3. The van der Waals surface area contributed by atoms with Crippen LogP contribution in [0.2, 0.25) is 5.02 Å². The van der Waals surface area contributed by atoms with E-state index >= 15 is 0 Å². The molecule has 8 nitrogen and oxygen atoms in total. The molecule has 3 aliphatic rings. The second kappa shape index (κ2) is 7.76. The molecule has 31 heavy (non-hydrogen) atoms. The fourth-order valence-electron chi connectivity index (χ4n) is 4.47. The Morgan fingerprint density at radius 2 is 1.94 bits per heavy atom. The number of fused-ring (bicyclic) bond motifs is 3. The quantitative estimate of drug-likeness (QED) is 0.765. The number of nitrogens with zero attached hydrogens (tertiary/aromatic N) is 4. The number of halogens is 1. The van der Waals surface area contributed by atoms with Gasteiger partial charge in [0.05, 0.1) is 6.54 Å². The Balaban J connectivity index is 1.62. The van der Waals surface area contributed by atoms with Crippen molar-refractivity contribution < 1.29 is 14.4 Å². The Hall–Kier alpha value is -2.16. The van der Waals surface area contributed by atoms with Crippen molar-refractivity contribution in [2.45, 2.75) is 52.6 Å². The van der Waals surface area contributed by atoms with Crippen LogP contribution in [0.15, 0.2) is 18.2 Å². The highest BCUT2D eigenvalue weighted by atomic mass is 35.5. The summed E-state index contributed by atoms with van der Waals surface area (Å²) < 4.78 is 0. The Labute approximate surface area is 188 Å². The van der Waals surface area contributed by atoms with Crippen LogP contribution in [-0.4, -0.2) is 77.6 Å². The molecule has 0 aliphatic carbocycles. The molecule has 3 unspecified atom stereocenters. The van der Waals surface area contributed by atoms with Gasteiger partial charge in [0.2, 0.25) is 0 Å². The van der Waals surface area contributed by atoms with E-state index in [0.717, 1.165) is 35.7 Å². The first-order valence-electron chi connectivity index (χ1n) is 10.7. The third-order valence-corrected chi connectivity index (χ3v) is 6.90. The van der Waals surface area contributed by atoms with E-state index in [9.17, 15) is 14.4 Å². The summed E-state index contributed by atoms with van der Waals surface area (Å²) in [6.07, 6.45) is 0.186. The lowest BCUT2D eigenvalue weighted by Gasteiger charge is -2.44. The van der Waals surface area contributed by atoms with Crippen LogP contribution < -0.4 is 10.2 Å². The van der Waals surface area contributed by atoms with Gasteiger partial charge in [0.25, 0.3) is 5.91 Å². The van der Waals surface area contributed by atoms with E-state index in [2.05, 4.69) is 15.1 Å². The fourth-order valence-corrected chi connectivity index (χ4v) is 4.65. The molecule has 168 valence electrons. The van der Waals surface area contributed by atoms with Gasteiger partial charge >= 0.3 is 6.03 Å². The van der Waals surface area contributed by atoms with Gasteiger partial charge in [0.15, 0.2) is 5.78 Å². The third kappa shape index (κ3) is 3.70. The lowest BCUT2D eigenvalue weighted by atomic mass is 9.90. The Kier molecular flexibility index (Phi) is 5.52. The first-order chi connectivity index (χ1) is 14.5. The number of urea groups is 1. The summed E-state index contributed by atoms with van der Waals surface area (Å²) in [4.78, 5) is 45.9. The number of hydrogen-bond donors (Lipinski definition) is 1. The average Bonchev–Trinajstić information content (AvgIpc) is 3.10. The van der Waals surface area contributed by atoms with Gasteiger partial charge in [-0.15, -0.1) is 0 Å². The minimum Gasteiger partial charge on any atom is -0.343 e. The van der Waals surface area contributed by atoms with Gasteiger partial charge in [0, 0.05) is 36.3 Å². The number of amides is 3. The third-order valence-electron chi connectivity index (χ3n) is 6.50. The second-order valence-electron chi connectivity index (χ2n) is 9.64. The Morgan fingerprint density at radius 3 is 2.58 bits per heavy atom. The molecule has 4 rings (SSSR count). The lowest BCUT2D eigenvalue weighted by molar-refractivity contribution is -0.143. The first-order valence-corrected chi connectivity index (χ1v) is 11.0. The number of Topliss-reactive ketones (excluding diaryl/α,β-unsaturated/α-hetero) is 1. The molecule has 3 fully saturated rings. The number of imide groups is 1. The molecule has 3 saturated heterocycles. The predicted molar refractivity (Wildman–Crippen MR) is 119 cm³/mol. The average molecular weight is 448 g/mol. The van der Waals surface area contributed by atoms with Crippen molar-refractivity contribution in [1.82, 2.24) is 20.0 Å². The van der Waals surface area contributed by atoms with Crippen LogP contribution in [0.1, 0.15) is 32.8 Å². The molecule has 1 aromatic carbocycles. The van der Waals surface area contributed by atoms with Crippen LogP contribution in [0.4, 0.5) is 10.5 Å². The van der Waals surface area contributed by atoms with Crippen molar-refractivity contribution in [2.75, 3.05) is 31.6 Å². The van der Waals surface area contributed by atoms with E-state index in [1.54, 1.807) is 32.7 Å². The van der Waals surface area contributed by atoms with Crippen LogP contribution in [-0.2, 0) is 9.59 Å². The number of carbonyl (C=O) groups excluding carboxylic acids is 3. The summed E-state index contributed by atoms with van der Waals surface area (Å²) in [5.41, 5.74) is 1.35. The topological polar surface area (TPSA) is 76.2 Å². The summed E-state index contributed by atoms with van der Waals surface area (Å²) in [7, 11) is 1.68. The molecule has 0 aromatic heterocycles. The molecule has 3 amide bonds. The molecule has 3 atom stereocenters. The smallest absolute Gasteiger partial charge is 0.328 e. The molecule has 0 spiro atoms. The van der Waals surface area contributed by atoms with Crippen molar-refractivity contribution >= 4 is 35.0 Å². The molecule has 0 saturated carbocycles. The minimum absolute atomic E-state index is 0.141. The molecule has 1 N–H and O–H groups in total. The summed E-state index contributed by atoms with van der Waals surface area (Å²) in [5.74, 6) is -0.456. The van der Waals surface area contributed by atoms with E-state index in [4.69, 9.17) is 11.6 Å². The van der Waals surface area contributed by atoms with E-state index in [1.807, 2.05) is 25.1 Å². The van der Waals surface area contributed by atoms with Crippen molar-refractivity contribution in [3.8, 4) is 0 Å². The zero-order valence-electron chi connectivity index (χ0n) is 18.7. The maximum atomic E-state index is 13.4. The summed E-state index contributed by atoms with van der Waals surface area (Å²) >= 11 is 6.36. The molecule has 3 aliphatic heterocycles.